The summed E-state index contributed by atoms with van der Waals surface area (Å²) in [6, 6.07) is 5.62. The first-order valence-corrected chi connectivity index (χ1v) is 6.24. The first-order valence-electron chi connectivity index (χ1n) is 6.24. The lowest BCUT2D eigenvalue weighted by Crippen LogP contribution is -2.24. The molecule has 0 saturated carbocycles. The van der Waals surface area contributed by atoms with Crippen LogP contribution in [0.5, 0.6) is 0 Å². The molecule has 0 heterocycles. The summed E-state index contributed by atoms with van der Waals surface area (Å²) in [7, 11) is 0. The van der Waals surface area contributed by atoms with E-state index in [0.29, 0.717) is 5.92 Å². The normalized spacial score (nSPS) is 15.4. The van der Waals surface area contributed by atoms with Crippen LogP contribution in [-0.4, -0.2) is 13.1 Å². The molecule has 102 valence electrons. The van der Waals surface area contributed by atoms with Crippen molar-refractivity contribution in [2.75, 3.05) is 13.1 Å². The highest BCUT2D eigenvalue weighted by molar-refractivity contribution is 5.28. The molecule has 0 aliphatic carbocycles. The van der Waals surface area contributed by atoms with Crippen molar-refractivity contribution in [1.82, 2.24) is 5.32 Å². The average molecular weight is 259 g/mol. The minimum absolute atomic E-state index is 0.103. The van der Waals surface area contributed by atoms with Crippen LogP contribution in [0.25, 0.3) is 0 Å². The zero-order chi connectivity index (χ0) is 13.8. The average Bonchev–Trinajstić information content (AvgIpc) is 2.34. The fourth-order valence-electron chi connectivity index (χ4n) is 1.88. The van der Waals surface area contributed by atoms with Crippen LogP contribution in [0.15, 0.2) is 24.3 Å². The van der Waals surface area contributed by atoms with E-state index in [4.69, 9.17) is 0 Å². The molecule has 0 aliphatic rings. The Morgan fingerprint density at radius 3 is 2.44 bits per heavy atom. The maximum atomic E-state index is 12.6. The van der Waals surface area contributed by atoms with Crippen LogP contribution in [0.2, 0.25) is 0 Å². The molecular formula is C14H20F3N. The van der Waals surface area contributed by atoms with Crippen molar-refractivity contribution in [1.29, 1.82) is 0 Å². The molecule has 1 aromatic carbocycles. The van der Waals surface area contributed by atoms with E-state index in [1.54, 1.807) is 6.07 Å². The number of rotatable bonds is 5. The van der Waals surface area contributed by atoms with Gasteiger partial charge in [0.15, 0.2) is 0 Å². The molecule has 1 nitrogen and oxygen atoms in total. The van der Waals surface area contributed by atoms with E-state index in [9.17, 15) is 13.2 Å². The van der Waals surface area contributed by atoms with Gasteiger partial charge in [0.2, 0.25) is 0 Å². The standard InChI is InChI=1S/C14H20F3N/c1-4-18-9-10(2)11(3)12-6-5-7-13(8-12)14(15,16)17/h5-8,10-11,18H,4,9H2,1-3H3. The Balaban J connectivity index is 2.83. The van der Waals surface area contributed by atoms with Gasteiger partial charge in [0.25, 0.3) is 0 Å². The molecular weight excluding hydrogens is 239 g/mol. The highest BCUT2D eigenvalue weighted by Crippen LogP contribution is 2.32. The lowest BCUT2D eigenvalue weighted by molar-refractivity contribution is -0.137. The van der Waals surface area contributed by atoms with E-state index in [0.717, 1.165) is 24.7 Å². The minimum Gasteiger partial charge on any atom is -0.317 e. The summed E-state index contributed by atoms with van der Waals surface area (Å²) >= 11 is 0. The number of benzene rings is 1. The summed E-state index contributed by atoms with van der Waals surface area (Å²) < 4.78 is 37.9. The van der Waals surface area contributed by atoms with Gasteiger partial charge >= 0.3 is 6.18 Å². The van der Waals surface area contributed by atoms with Crippen molar-refractivity contribution in [3.63, 3.8) is 0 Å². The van der Waals surface area contributed by atoms with Crippen molar-refractivity contribution >= 4 is 0 Å². The third-order valence-electron chi connectivity index (χ3n) is 3.31. The summed E-state index contributed by atoms with van der Waals surface area (Å²) in [4.78, 5) is 0. The van der Waals surface area contributed by atoms with E-state index in [1.165, 1.54) is 12.1 Å². The number of hydrogen-bond donors (Lipinski definition) is 1. The first kappa shape index (κ1) is 15.0. The molecule has 1 N–H and O–H groups in total. The topological polar surface area (TPSA) is 12.0 Å². The van der Waals surface area contributed by atoms with Crippen LogP contribution in [0.4, 0.5) is 13.2 Å². The third kappa shape index (κ3) is 4.02. The Hall–Kier alpha value is -1.03. The molecule has 0 saturated heterocycles. The fourth-order valence-corrected chi connectivity index (χ4v) is 1.88. The van der Waals surface area contributed by atoms with Gasteiger partial charge in [-0.2, -0.15) is 13.2 Å². The van der Waals surface area contributed by atoms with E-state index in [2.05, 4.69) is 5.32 Å². The smallest absolute Gasteiger partial charge is 0.317 e. The third-order valence-corrected chi connectivity index (χ3v) is 3.31. The highest BCUT2D eigenvalue weighted by Gasteiger charge is 2.30. The van der Waals surface area contributed by atoms with E-state index >= 15 is 0 Å². The molecule has 18 heavy (non-hydrogen) atoms. The molecule has 0 bridgehead atoms. The number of alkyl halides is 3. The molecule has 0 amide bonds. The lowest BCUT2D eigenvalue weighted by atomic mass is 9.88. The molecule has 0 aliphatic heterocycles. The molecule has 0 radical (unpaired) electrons. The molecule has 4 heteroatoms. The molecule has 1 aromatic rings. The molecule has 2 atom stereocenters. The lowest BCUT2D eigenvalue weighted by Gasteiger charge is -2.21. The van der Waals surface area contributed by atoms with Crippen molar-refractivity contribution in [3.05, 3.63) is 35.4 Å². The summed E-state index contributed by atoms with van der Waals surface area (Å²) in [5.41, 5.74) is 0.178. The predicted molar refractivity (Wildman–Crippen MR) is 67.6 cm³/mol. The van der Waals surface area contributed by atoms with Gasteiger partial charge in [0, 0.05) is 0 Å². The Morgan fingerprint density at radius 1 is 1.22 bits per heavy atom. The molecule has 0 aromatic heterocycles. The number of hydrogen-bond acceptors (Lipinski definition) is 1. The van der Waals surface area contributed by atoms with Crippen LogP contribution in [0.1, 0.15) is 37.8 Å². The molecule has 2 unspecified atom stereocenters. The summed E-state index contributed by atoms with van der Waals surface area (Å²) in [6.07, 6.45) is -4.26. The zero-order valence-corrected chi connectivity index (χ0v) is 11.0. The second kappa shape index (κ2) is 6.23. The van der Waals surface area contributed by atoms with Gasteiger partial charge in [-0.05, 0) is 36.6 Å². The van der Waals surface area contributed by atoms with E-state index in [-0.39, 0.29) is 5.92 Å². The maximum Gasteiger partial charge on any atom is 0.416 e. The van der Waals surface area contributed by atoms with Crippen molar-refractivity contribution in [2.45, 2.75) is 32.9 Å². The summed E-state index contributed by atoms with van der Waals surface area (Å²) in [5, 5.41) is 3.22. The Labute approximate surface area is 106 Å². The number of halogens is 3. The second-order valence-electron chi connectivity index (χ2n) is 4.70. The van der Waals surface area contributed by atoms with E-state index < -0.39 is 11.7 Å². The molecule has 1 rings (SSSR count). The van der Waals surface area contributed by atoms with Gasteiger partial charge in [0.1, 0.15) is 0 Å². The largest absolute Gasteiger partial charge is 0.416 e. The van der Waals surface area contributed by atoms with Gasteiger partial charge < -0.3 is 5.32 Å². The van der Waals surface area contributed by atoms with Crippen molar-refractivity contribution in [2.24, 2.45) is 5.92 Å². The first-order chi connectivity index (χ1) is 8.36. The quantitative estimate of drug-likeness (QED) is 0.841. The van der Waals surface area contributed by atoms with Gasteiger partial charge in [-0.1, -0.05) is 39.0 Å². The second-order valence-corrected chi connectivity index (χ2v) is 4.70. The highest BCUT2D eigenvalue weighted by atomic mass is 19.4. The van der Waals surface area contributed by atoms with Crippen LogP contribution in [0, 0.1) is 5.92 Å². The molecule has 0 spiro atoms. The van der Waals surface area contributed by atoms with Crippen LogP contribution >= 0.6 is 0 Å². The summed E-state index contributed by atoms with van der Waals surface area (Å²) in [6.45, 7) is 7.72. The monoisotopic (exact) mass is 259 g/mol. The Morgan fingerprint density at radius 2 is 1.89 bits per heavy atom. The van der Waals surface area contributed by atoms with Crippen molar-refractivity contribution in [3.8, 4) is 0 Å². The van der Waals surface area contributed by atoms with Gasteiger partial charge in [-0.25, -0.2) is 0 Å². The van der Waals surface area contributed by atoms with Crippen LogP contribution < -0.4 is 5.32 Å². The van der Waals surface area contributed by atoms with E-state index in [1.807, 2.05) is 20.8 Å². The number of nitrogens with one attached hydrogen (secondary N) is 1. The minimum atomic E-state index is -4.26. The van der Waals surface area contributed by atoms with Crippen LogP contribution in [-0.2, 0) is 6.18 Å². The van der Waals surface area contributed by atoms with Gasteiger partial charge in [-0.3, -0.25) is 0 Å². The van der Waals surface area contributed by atoms with Crippen molar-refractivity contribution < 1.29 is 13.2 Å². The Bertz CT molecular complexity index is 374. The van der Waals surface area contributed by atoms with Gasteiger partial charge in [-0.15, -0.1) is 0 Å². The predicted octanol–water partition coefficient (Wildman–Crippen LogP) is 4.05. The fraction of sp³-hybridized carbons (Fsp3) is 0.571. The zero-order valence-electron chi connectivity index (χ0n) is 11.0. The summed E-state index contributed by atoms with van der Waals surface area (Å²) in [5.74, 6) is 0.403. The van der Waals surface area contributed by atoms with Crippen LogP contribution in [0.3, 0.4) is 0 Å². The Kier molecular flexibility index (Phi) is 5.20. The molecule has 0 fully saturated rings. The SMILES string of the molecule is CCNCC(C)C(C)c1cccc(C(F)(F)F)c1. The van der Waals surface area contributed by atoms with Gasteiger partial charge in [0.05, 0.1) is 5.56 Å². The maximum absolute atomic E-state index is 12.6.